The molecule has 1 aromatic rings. The molecule has 0 bridgehead atoms. The van der Waals surface area contributed by atoms with E-state index >= 15 is 0 Å². The molecule has 0 spiro atoms. The molecule has 2 aliphatic heterocycles. The van der Waals surface area contributed by atoms with Gasteiger partial charge in [0.25, 0.3) is 0 Å². The van der Waals surface area contributed by atoms with Gasteiger partial charge in [-0.2, -0.15) is 4.31 Å². The number of morpholine rings is 1. The molecule has 9 heteroatoms. The number of hydrogen-bond donors (Lipinski definition) is 0. The minimum atomic E-state index is -3.55. The van der Waals surface area contributed by atoms with Crippen LogP contribution in [0.3, 0.4) is 0 Å². The standard InChI is InChI=1S/C16H22ClN3O4S/c1-13(21)18-4-6-19(7-5-18)16-3-2-14(12-15(16)17)25(22,23)20-8-10-24-11-9-20/h2-3,12H,4-11H2,1H3. The van der Waals surface area contributed by atoms with Gasteiger partial charge in [0, 0.05) is 46.2 Å². The zero-order valence-electron chi connectivity index (χ0n) is 14.1. The molecule has 1 amide bonds. The Kier molecular flexibility index (Phi) is 5.52. The van der Waals surface area contributed by atoms with E-state index in [1.807, 2.05) is 0 Å². The summed E-state index contributed by atoms with van der Waals surface area (Å²) in [5, 5.41) is 0.408. The molecule has 0 atom stereocenters. The van der Waals surface area contributed by atoms with Crippen LogP contribution in [0.4, 0.5) is 5.69 Å². The predicted octanol–water partition coefficient (Wildman–Crippen LogP) is 1.03. The average Bonchev–Trinajstić information content (AvgIpc) is 2.62. The first-order valence-electron chi connectivity index (χ1n) is 8.27. The molecule has 0 aromatic heterocycles. The van der Waals surface area contributed by atoms with Crippen molar-refractivity contribution in [2.45, 2.75) is 11.8 Å². The summed E-state index contributed by atoms with van der Waals surface area (Å²) in [6, 6.07) is 4.86. The van der Waals surface area contributed by atoms with Crippen molar-refractivity contribution in [1.29, 1.82) is 0 Å². The number of anilines is 1. The maximum absolute atomic E-state index is 12.7. The molecule has 3 rings (SSSR count). The number of carbonyl (C=O) groups is 1. The maximum atomic E-state index is 12.7. The lowest BCUT2D eigenvalue weighted by atomic mass is 10.2. The van der Waals surface area contributed by atoms with E-state index in [0.29, 0.717) is 57.5 Å². The van der Waals surface area contributed by atoms with Gasteiger partial charge >= 0.3 is 0 Å². The second-order valence-electron chi connectivity index (χ2n) is 6.12. The van der Waals surface area contributed by atoms with Crippen molar-refractivity contribution in [1.82, 2.24) is 9.21 Å². The van der Waals surface area contributed by atoms with Gasteiger partial charge in [-0.1, -0.05) is 11.6 Å². The highest BCUT2D eigenvalue weighted by atomic mass is 35.5. The second-order valence-corrected chi connectivity index (χ2v) is 8.47. The van der Waals surface area contributed by atoms with Gasteiger partial charge in [0.1, 0.15) is 0 Å². The molecule has 0 N–H and O–H groups in total. The highest BCUT2D eigenvalue weighted by Gasteiger charge is 2.28. The zero-order chi connectivity index (χ0) is 18.0. The van der Waals surface area contributed by atoms with E-state index in [-0.39, 0.29) is 10.8 Å². The lowest BCUT2D eigenvalue weighted by Crippen LogP contribution is -2.48. The van der Waals surface area contributed by atoms with Crippen LogP contribution in [0.1, 0.15) is 6.92 Å². The number of ether oxygens (including phenoxy) is 1. The molecule has 2 aliphatic rings. The van der Waals surface area contributed by atoms with Crippen LogP contribution < -0.4 is 4.90 Å². The molecule has 1 aromatic carbocycles. The summed E-state index contributed by atoms with van der Waals surface area (Å²) in [6.07, 6.45) is 0. The minimum absolute atomic E-state index is 0.0673. The molecule has 0 unspecified atom stereocenters. The van der Waals surface area contributed by atoms with E-state index in [4.69, 9.17) is 16.3 Å². The summed E-state index contributed by atoms with van der Waals surface area (Å²) in [6.45, 7) is 5.72. The fourth-order valence-corrected chi connectivity index (χ4v) is 4.90. The third-order valence-electron chi connectivity index (χ3n) is 4.59. The fraction of sp³-hybridized carbons (Fsp3) is 0.562. The first-order valence-corrected chi connectivity index (χ1v) is 10.1. The van der Waals surface area contributed by atoms with Crippen LogP contribution in [0.5, 0.6) is 0 Å². The molecule has 2 fully saturated rings. The predicted molar refractivity (Wildman–Crippen MR) is 95.5 cm³/mol. The van der Waals surface area contributed by atoms with Crippen molar-refractivity contribution in [2.24, 2.45) is 0 Å². The van der Waals surface area contributed by atoms with Gasteiger partial charge in [0.15, 0.2) is 0 Å². The van der Waals surface area contributed by atoms with E-state index < -0.39 is 10.0 Å². The Balaban J connectivity index is 1.76. The monoisotopic (exact) mass is 387 g/mol. The Morgan fingerprint density at radius 3 is 2.28 bits per heavy atom. The number of hydrogen-bond acceptors (Lipinski definition) is 5. The molecule has 0 saturated carbocycles. The lowest BCUT2D eigenvalue weighted by molar-refractivity contribution is -0.129. The number of amides is 1. The molecule has 0 aliphatic carbocycles. The van der Waals surface area contributed by atoms with Crippen LogP contribution in [0.25, 0.3) is 0 Å². The average molecular weight is 388 g/mol. The molecular formula is C16H22ClN3O4S. The van der Waals surface area contributed by atoms with Crippen LogP contribution in [-0.2, 0) is 19.6 Å². The minimum Gasteiger partial charge on any atom is -0.379 e. The normalized spacial score (nSPS) is 19.9. The Morgan fingerprint density at radius 1 is 1.08 bits per heavy atom. The van der Waals surface area contributed by atoms with Crippen molar-refractivity contribution in [3.05, 3.63) is 23.2 Å². The summed E-state index contributed by atoms with van der Waals surface area (Å²) in [4.78, 5) is 15.5. The van der Waals surface area contributed by atoms with Crippen molar-refractivity contribution < 1.29 is 17.9 Å². The van der Waals surface area contributed by atoms with Gasteiger partial charge < -0.3 is 14.5 Å². The Bertz CT molecular complexity index is 742. The van der Waals surface area contributed by atoms with Crippen LogP contribution in [0, 0.1) is 0 Å². The molecule has 2 heterocycles. The molecular weight excluding hydrogens is 366 g/mol. The van der Waals surface area contributed by atoms with Gasteiger partial charge in [-0.15, -0.1) is 0 Å². The summed E-state index contributed by atoms with van der Waals surface area (Å²) in [5.41, 5.74) is 0.797. The number of rotatable bonds is 3. The van der Waals surface area contributed by atoms with Crippen LogP contribution in [0.2, 0.25) is 5.02 Å². The highest BCUT2D eigenvalue weighted by molar-refractivity contribution is 7.89. The summed E-state index contributed by atoms with van der Waals surface area (Å²) in [7, 11) is -3.55. The third-order valence-corrected chi connectivity index (χ3v) is 6.79. The van der Waals surface area contributed by atoms with E-state index in [9.17, 15) is 13.2 Å². The van der Waals surface area contributed by atoms with Crippen LogP contribution >= 0.6 is 11.6 Å². The quantitative estimate of drug-likeness (QED) is 0.774. The van der Waals surface area contributed by atoms with Gasteiger partial charge in [-0.25, -0.2) is 8.42 Å². The Morgan fingerprint density at radius 2 is 1.72 bits per heavy atom. The molecule has 138 valence electrons. The number of carbonyl (C=O) groups excluding carboxylic acids is 1. The fourth-order valence-electron chi connectivity index (χ4n) is 3.10. The first kappa shape index (κ1) is 18.4. The van der Waals surface area contributed by atoms with Crippen LogP contribution in [-0.4, -0.2) is 76.0 Å². The molecule has 25 heavy (non-hydrogen) atoms. The number of halogens is 1. The maximum Gasteiger partial charge on any atom is 0.243 e. The van der Waals surface area contributed by atoms with Crippen molar-refractivity contribution >= 4 is 33.2 Å². The summed E-state index contributed by atoms with van der Waals surface area (Å²) in [5.74, 6) is 0.0673. The SMILES string of the molecule is CC(=O)N1CCN(c2ccc(S(=O)(=O)N3CCOCC3)cc2Cl)CC1. The Labute approximate surface area is 153 Å². The van der Waals surface area contributed by atoms with E-state index in [1.165, 1.54) is 10.4 Å². The van der Waals surface area contributed by atoms with Crippen molar-refractivity contribution in [2.75, 3.05) is 57.4 Å². The number of sulfonamides is 1. The number of nitrogens with zero attached hydrogens (tertiary/aromatic N) is 3. The van der Waals surface area contributed by atoms with Gasteiger partial charge in [0.2, 0.25) is 15.9 Å². The second kappa shape index (κ2) is 7.49. The first-order chi connectivity index (χ1) is 11.9. The highest BCUT2D eigenvalue weighted by Crippen LogP contribution is 2.30. The van der Waals surface area contributed by atoms with E-state index in [0.717, 1.165) is 5.69 Å². The third kappa shape index (κ3) is 3.92. The Hall–Kier alpha value is -1.35. The van der Waals surface area contributed by atoms with Gasteiger partial charge in [0.05, 0.1) is 28.8 Å². The topological polar surface area (TPSA) is 70.2 Å². The van der Waals surface area contributed by atoms with Crippen LogP contribution in [0.15, 0.2) is 23.1 Å². The lowest BCUT2D eigenvalue weighted by Gasteiger charge is -2.36. The van der Waals surface area contributed by atoms with Gasteiger partial charge in [-0.05, 0) is 18.2 Å². The van der Waals surface area contributed by atoms with E-state index in [2.05, 4.69) is 4.90 Å². The number of piperazine rings is 1. The molecule has 7 nitrogen and oxygen atoms in total. The van der Waals surface area contributed by atoms with E-state index in [1.54, 1.807) is 24.0 Å². The zero-order valence-corrected chi connectivity index (χ0v) is 15.7. The van der Waals surface area contributed by atoms with Crippen molar-refractivity contribution in [3.8, 4) is 0 Å². The number of benzene rings is 1. The smallest absolute Gasteiger partial charge is 0.243 e. The van der Waals surface area contributed by atoms with Gasteiger partial charge in [-0.3, -0.25) is 4.79 Å². The molecule has 2 saturated heterocycles. The van der Waals surface area contributed by atoms with Crippen molar-refractivity contribution in [3.63, 3.8) is 0 Å². The summed E-state index contributed by atoms with van der Waals surface area (Å²) >= 11 is 6.38. The largest absolute Gasteiger partial charge is 0.379 e. The molecule has 0 radical (unpaired) electrons. The summed E-state index contributed by atoms with van der Waals surface area (Å²) < 4.78 is 32.0.